The number of nitrogens with two attached hydrogens (primary N) is 1. The molecule has 0 aliphatic heterocycles. The summed E-state index contributed by atoms with van der Waals surface area (Å²) in [4.78, 5) is 9.31. The van der Waals surface area contributed by atoms with Crippen molar-refractivity contribution < 1.29 is 0 Å². The lowest BCUT2D eigenvalue weighted by Crippen LogP contribution is -1.92. The van der Waals surface area contributed by atoms with Crippen molar-refractivity contribution in [2.45, 2.75) is 10.1 Å². The molecule has 0 unspecified atom stereocenters. The summed E-state index contributed by atoms with van der Waals surface area (Å²) >= 11 is 4.87. The van der Waals surface area contributed by atoms with Crippen LogP contribution in [0.2, 0.25) is 0 Å². The molecule has 2 N–H and O–H groups in total. The Morgan fingerprint density at radius 3 is 2.53 bits per heavy atom. The fourth-order valence-corrected chi connectivity index (χ4v) is 2.02. The first-order valence-corrected chi connectivity index (χ1v) is 5.87. The minimum Gasteiger partial charge on any atom is -0.384 e. The molecule has 2 aromatic rings. The third-order valence-electron chi connectivity index (χ3n) is 1.68. The average molecular weight is 282 g/mol. The molecule has 0 fully saturated rings. The zero-order valence-corrected chi connectivity index (χ0v) is 10.1. The molecule has 1 aromatic heterocycles. The number of anilines is 1. The highest BCUT2D eigenvalue weighted by Crippen LogP contribution is 2.25. The summed E-state index contributed by atoms with van der Waals surface area (Å²) < 4.78 is 1.06. The molecule has 0 saturated heterocycles. The van der Waals surface area contributed by atoms with Crippen LogP contribution in [-0.4, -0.2) is 9.97 Å². The molecule has 1 heterocycles. The van der Waals surface area contributed by atoms with E-state index in [0.717, 1.165) is 9.37 Å². The van der Waals surface area contributed by atoms with Crippen molar-refractivity contribution in [2.24, 2.45) is 0 Å². The summed E-state index contributed by atoms with van der Waals surface area (Å²) in [6.45, 7) is 0. The molecule has 0 saturated carbocycles. The van der Waals surface area contributed by atoms with Crippen LogP contribution >= 0.6 is 27.7 Å². The van der Waals surface area contributed by atoms with E-state index in [9.17, 15) is 0 Å². The van der Waals surface area contributed by atoms with Crippen molar-refractivity contribution in [1.29, 1.82) is 0 Å². The number of nitrogens with zero attached hydrogens (tertiary/aromatic N) is 2. The first-order chi connectivity index (χ1) is 7.24. The van der Waals surface area contributed by atoms with Crippen LogP contribution in [0.15, 0.2) is 51.1 Å². The zero-order valence-electron chi connectivity index (χ0n) is 7.72. The Morgan fingerprint density at radius 1 is 1.13 bits per heavy atom. The summed E-state index contributed by atoms with van der Waals surface area (Å²) in [5.41, 5.74) is 5.56. The number of aromatic nitrogens is 2. The maximum absolute atomic E-state index is 5.56. The molecule has 5 heteroatoms. The monoisotopic (exact) mass is 281 g/mol. The van der Waals surface area contributed by atoms with Gasteiger partial charge in [0.25, 0.3) is 0 Å². The second kappa shape index (κ2) is 4.63. The summed E-state index contributed by atoms with van der Waals surface area (Å²) in [6.07, 6.45) is 1.66. The topological polar surface area (TPSA) is 51.8 Å². The zero-order chi connectivity index (χ0) is 10.7. The normalized spacial score (nSPS) is 10.2. The van der Waals surface area contributed by atoms with Gasteiger partial charge in [0, 0.05) is 15.6 Å². The Kier molecular flexibility index (Phi) is 3.23. The summed E-state index contributed by atoms with van der Waals surface area (Å²) in [5, 5.41) is 0.664. The predicted octanol–water partition coefficient (Wildman–Crippen LogP) is 2.97. The molecule has 1 aromatic carbocycles. The van der Waals surface area contributed by atoms with Crippen LogP contribution in [0.1, 0.15) is 0 Å². The number of hydrogen-bond acceptors (Lipinski definition) is 4. The van der Waals surface area contributed by atoms with Crippen LogP contribution < -0.4 is 5.73 Å². The minimum absolute atomic E-state index is 0.490. The second-order valence-electron chi connectivity index (χ2n) is 2.82. The predicted molar refractivity (Wildman–Crippen MR) is 64.7 cm³/mol. The first-order valence-electron chi connectivity index (χ1n) is 4.26. The number of benzene rings is 1. The minimum atomic E-state index is 0.490. The van der Waals surface area contributed by atoms with Gasteiger partial charge in [-0.1, -0.05) is 15.9 Å². The summed E-state index contributed by atoms with van der Waals surface area (Å²) in [5.74, 6) is 0.490. The van der Waals surface area contributed by atoms with Crippen molar-refractivity contribution >= 4 is 33.5 Å². The van der Waals surface area contributed by atoms with Gasteiger partial charge in [0.05, 0.1) is 0 Å². The number of rotatable bonds is 2. The molecule has 2 rings (SSSR count). The Hall–Kier alpha value is -1.07. The molecular weight excluding hydrogens is 274 g/mol. The average Bonchev–Trinajstić information content (AvgIpc) is 2.22. The van der Waals surface area contributed by atoms with Gasteiger partial charge in [0.1, 0.15) is 5.82 Å². The molecule has 0 amide bonds. The van der Waals surface area contributed by atoms with Gasteiger partial charge in [-0.05, 0) is 42.1 Å². The number of halogens is 1. The van der Waals surface area contributed by atoms with Crippen LogP contribution in [0.5, 0.6) is 0 Å². The molecule has 0 aliphatic rings. The van der Waals surface area contributed by atoms with Gasteiger partial charge in [-0.15, -0.1) is 0 Å². The van der Waals surface area contributed by atoms with Gasteiger partial charge in [0.15, 0.2) is 5.16 Å². The van der Waals surface area contributed by atoms with E-state index in [1.165, 1.54) is 11.8 Å². The van der Waals surface area contributed by atoms with E-state index >= 15 is 0 Å². The standard InChI is InChI=1S/C10H8BrN3S/c11-7-1-3-8(4-2-7)15-10-13-6-5-9(12)14-10/h1-6H,(H2,12,13,14). The number of nitrogen functional groups attached to an aromatic ring is 1. The van der Waals surface area contributed by atoms with E-state index in [1.807, 2.05) is 24.3 Å². The van der Waals surface area contributed by atoms with Crippen molar-refractivity contribution in [1.82, 2.24) is 9.97 Å². The molecule has 0 bridgehead atoms. The van der Waals surface area contributed by atoms with Gasteiger partial charge >= 0.3 is 0 Å². The second-order valence-corrected chi connectivity index (χ2v) is 4.78. The Morgan fingerprint density at radius 2 is 1.87 bits per heavy atom. The lowest BCUT2D eigenvalue weighted by Gasteiger charge is -2.00. The van der Waals surface area contributed by atoms with E-state index in [2.05, 4.69) is 25.9 Å². The van der Waals surface area contributed by atoms with E-state index in [-0.39, 0.29) is 0 Å². The quantitative estimate of drug-likeness (QED) is 0.860. The summed E-state index contributed by atoms with van der Waals surface area (Å²) in [6, 6.07) is 9.64. The van der Waals surface area contributed by atoms with Gasteiger partial charge in [-0.3, -0.25) is 0 Å². The molecular formula is C10H8BrN3S. The Bertz CT molecular complexity index is 458. The van der Waals surface area contributed by atoms with Crippen LogP contribution in [0, 0.1) is 0 Å². The van der Waals surface area contributed by atoms with Crippen molar-refractivity contribution in [3.05, 3.63) is 41.0 Å². The molecule has 15 heavy (non-hydrogen) atoms. The maximum Gasteiger partial charge on any atom is 0.194 e. The Labute approximate surface area is 100 Å². The first kappa shape index (κ1) is 10.4. The highest BCUT2D eigenvalue weighted by Gasteiger charge is 2.00. The highest BCUT2D eigenvalue weighted by atomic mass is 79.9. The molecule has 3 nitrogen and oxygen atoms in total. The van der Waals surface area contributed by atoms with Crippen molar-refractivity contribution in [3.63, 3.8) is 0 Å². The fourth-order valence-electron chi connectivity index (χ4n) is 1.01. The molecule has 76 valence electrons. The lowest BCUT2D eigenvalue weighted by atomic mass is 10.4. The van der Waals surface area contributed by atoms with E-state index in [1.54, 1.807) is 12.3 Å². The maximum atomic E-state index is 5.56. The largest absolute Gasteiger partial charge is 0.384 e. The van der Waals surface area contributed by atoms with Crippen LogP contribution in [0.3, 0.4) is 0 Å². The third-order valence-corrected chi connectivity index (χ3v) is 3.09. The van der Waals surface area contributed by atoms with Crippen molar-refractivity contribution in [2.75, 3.05) is 5.73 Å². The van der Waals surface area contributed by atoms with Crippen LogP contribution in [0.25, 0.3) is 0 Å². The van der Waals surface area contributed by atoms with E-state index < -0.39 is 0 Å². The van der Waals surface area contributed by atoms with Crippen LogP contribution in [-0.2, 0) is 0 Å². The highest BCUT2D eigenvalue weighted by molar-refractivity contribution is 9.10. The van der Waals surface area contributed by atoms with Crippen LogP contribution in [0.4, 0.5) is 5.82 Å². The van der Waals surface area contributed by atoms with Gasteiger partial charge in [-0.2, -0.15) is 0 Å². The van der Waals surface area contributed by atoms with Gasteiger partial charge in [-0.25, -0.2) is 9.97 Å². The summed E-state index contributed by atoms with van der Waals surface area (Å²) in [7, 11) is 0. The number of hydrogen-bond donors (Lipinski definition) is 1. The van der Waals surface area contributed by atoms with E-state index in [0.29, 0.717) is 11.0 Å². The third kappa shape index (κ3) is 2.94. The molecule has 0 spiro atoms. The van der Waals surface area contributed by atoms with Gasteiger partial charge < -0.3 is 5.73 Å². The van der Waals surface area contributed by atoms with Gasteiger partial charge in [0.2, 0.25) is 0 Å². The Balaban J connectivity index is 2.18. The fraction of sp³-hybridized carbons (Fsp3) is 0. The molecule has 0 atom stereocenters. The van der Waals surface area contributed by atoms with Crippen molar-refractivity contribution in [3.8, 4) is 0 Å². The lowest BCUT2D eigenvalue weighted by molar-refractivity contribution is 0.976. The smallest absolute Gasteiger partial charge is 0.194 e. The van der Waals surface area contributed by atoms with E-state index in [4.69, 9.17) is 5.73 Å². The molecule has 0 radical (unpaired) electrons. The molecule has 0 aliphatic carbocycles. The SMILES string of the molecule is Nc1ccnc(Sc2ccc(Br)cc2)n1.